The van der Waals surface area contributed by atoms with Crippen LogP contribution in [0.5, 0.6) is 0 Å². The van der Waals surface area contributed by atoms with Crippen LogP contribution in [0, 0.1) is 5.41 Å². The van der Waals surface area contributed by atoms with Crippen molar-refractivity contribution in [3.05, 3.63) is 5.28 Å². The van der Waals surface area contributed by atoms with Crippen molar-refractivity contribution < 1.29 is 0 Å². The summed E-state index contributed by atoms with van der Waals surface area (Å²) in [7, 11) is 1.75. The molecule has 102 valence electrons. The van der Waals surface area contributed by atoms with Crippen molar-refractivity contribution in [2.24, 2.45) is 5.41 Å². The highest BCUT2D eigenvalue weighted by Gasteiger charge is 2.26. The summed E-state index contributed by atoms with van der Waals surface area (Å²) in [5.41, 5.74) is 0.104. The average Bonchev–Trinajstić information content (AvgIpc) is 2.11. The third-order valence-electron chi connectivity index (χ3n) is 2.25. The molecule has 5 nitrogen and oxygen atoms in total. The van der Waals surface area contributed by atoms with Gasteiger partial charge in [0.25, 0.3) is 0 Å². The van der Waals surface area contributed by atoms with Gasteiger partial charge >= 0.3 is 0 Å². The Morgan fingerprint density at radius 3 is 2.06 bits per heavy atom. The fraction of sp³-hybridized carbons (Fsp3) is 0.750. The summed E-state index contributed by atoms with van der Waals surface area (Å²) in [5.74, 6) is 0.956. The summed E-state index contributed by atoms with van der Waals surface area (Å²) >= 11 is 5.85. The molecule has 0 aromatic carbocycles. The average molecular weight is 272 g/mol. The van der Waals surface area contributed by atoms with Crippen molar-refractivity contribution in [2.75, 3.05) is 17.7 Å². The van der Waals surface area contributed by atoms with E-state index in [1.165, 1.54) is 0 Å². The number of nitrogens with one attached hydrogen (secondary N) is 2. The smallest absolute Gasteiger partial charge is 0.229 e. The molecule has 0 amide bonds. The van der Waals surface area contributed by atoms with Crippen molar-refractivity contribution in [1.29, 1.82) is 0 Å². The lowest BCUT2D eigenvalue weighted by atomic mass is 9.82. The van der Waals surface area contributed by atoms with Crippen LogP contribution in [0.25, 0.3) is 0 Å². The molecule has 1 rings (SSSR count). The Bertz CT molecular complexity index is 411. The fourth-order valence-electron chi connectivity index (χ4n) is 2.19. The van der Waals surface area contributed by atoms with Crippen molar-refractivity contribution in [2.45, 2.75) is 46.6 Å². The van der Waals surface area contributed by atoms with Crippen molar-refractivity contribution in [3.8, 4) is 0 Å². The molecule has 0 aliphatic rings. The molecule has 0 aliphatic carbocycles. The second-order valence-electron chi connectivity index (χ2n) is 6.25. The molecule has 6 heteroatoms. The second-order valence-corrected chi connectivity index (χ2v) is 6.59. The number of aromatic nitrogens is 3. The van der Waals surface area contributed by atoms with Gasteiger partial charge in [-0.3, -0.25) is 0 Å². The van der Waals surface area contributed by atoms with Gasteiger partial charge in [-0.25, -0.2) is 0 Å². The van der Waals surface area contributed by atoms with Gasteiger partial charge in [0.05, 0.1) is 0 Å². The van der Waals surface area contributed by atoms with Gasteiger partial charge in [0.1, 0.15) is 0 Å². The first kappa shape index (κ1) is 15.0. The Labute approximate surface area is 114 Å². The summed E-state index contributed by atoms with van der Waals surface area (Å²) in [5, 5.41) is 6.34. The van der Waals surface area contributed by atoms with E-state index in [4.69, 9.17) is 11.6 Å². The van der Waals surface area contributed by atoms with Crippen LogP contribution in [-0.2, 0) is 0 Å². The Balaban J connectivity index is 2.86. The molecule has 0 radical (unpaired) electrons. The standard InChI is InChI=1S/C12H22ClN5/c1-11(2,3)7-12(4,5)18-10-16-8(13)15-9(14-6)17-10/h7H2,1-6H3,(H2,14,15,16,17,18). The first-order valence-electron chi connectivity index (χ1n) is 5.99. The van der Waals surface area contributed by atoms with Crippen LogP contribution in [-0.4, -0.2) is 27.5 Å². The van der Waals surface area contributed by atoms with Crippen LogP contribution in [0.1, 0.15) is 41.0 Å². The van der Waals surface area contributed by atoms with Crippen LogP contribution >= 0.6 is 11.6 Å². The van der Waals surface area contributed by atoms with Gasteiger partial charge in [0.2, 0.25) is 17.2 Å². The highest BCUT2D eigenvalue weighted by Crippen LogP contribution is 2.29. The van der Waals surface area contributed by atoms with E-state index in [-0.39, 0.29) is 16.2 Å². The molecule has 0 saturated carbocycles. The lowest BCUT2D eigenvalue weighted by molar-refractivity contribution is 0.301. The highest BCUT2D eigenvalue weighted by atomic mass is 35.5. The predicted molar refractivity (Wildman–Crippen MR) is 76.2 cm³/mol. The molecule has 0 saturated heterocycles. The van der Waals surface area contributed by atoms with Gasteiger partial charge in [0, 0.05) is 12.6 Å². The van der Waals surface area contributed by atoms with Crippen LogP contribution in [0.4, 0.5) is 11.9 Å². The van der Waals surface area contributed by atoms with E-state index in [1.54, 1.807) is 7.05 Å². The zero-order valence-corrected chi connectivity index (χ0v) is 12.7. The molecular weight excluding hydrogens is 250 g/mol. The third kappa shape index (κ3) is 5.04. The van der Waals surface area contributed by atoms with Gasteiger partial charge in [0.15, 0.2) is 0 Å². The molecule has 18 heavy (non-hydrogen) atoms. The predicted octanol–water partition coefficient (Wildman–Crippen LogP) is 3.19. The van der Waals surface area contributed by atoms with Crippen molar-refractivity contribution in [1.82, 2.24) is 15.0 Å². The molecule has 0 atom stereocenters. The number of hydrogen-bond donors (Lipinski definition) is 2. The van der Waals surface area contributed by atoms with E-state index in [2.05, 4.69) is 60.2 Å². The molecule has 0 bridgehead atoms. The van der Waals surface area contributed by atoms with Crippen LogP contribution in [0.15, 0.2) is 0 Å². The first-order valence-corrected chi connectivity index (χ1v) is 6.37. The summed E-state index contributed by atoms with van der Waals surface area (Å²) in [4.78, 5) is 12.3. The van der Waals surface area contributed by atoms with E-state index >= 15 is 0 Å². The van der Waals surface area contributed by atoms with Crippen molar-refractivity contribution in [3.63, 3.8) is 0 Å². The molecule has 0 aliphatic heterocycles. The van der Waals surface area contributed by atoms with Gasteiger partial charge in [-0.05, 0) is 37.3 Å². The van der Waals surface area contributed by atoms with E-state index in [9.17, 15) is 0 Å². The summed E-state index contributed by atoms with van der Waals surface area (Å²) in [6.07, 6.45) is 0.984. The maximum Gasteiger partial charge on any atom is 0.229 e. The minimum atomic E-state index is -0.117. The Morgan fingerprint density at radius 1 is 1.00 bits per heavy atom. The quantitative estimate of drug-likeness (QED) is 0.881. The molecule has 1 heterocycles. The van der Waals surface area contributed by atoms with Gasteiger partial charge in [-0.15, -0.1) is 0 Å². The van der Waals surface area contributed by atoms with Crippen LogP contribution in [0.3, 0.4) is 0 Å². The minimum absolute atomic E-state index is 0.117. The zero-order chi connectivity index (χ0) is 14.0. The molecule has 0 fully saturated rings. The monoisotopic (exact) mass is 271 g/mol. The Morgan fingerprint density at radius 2 is 1.56 bits per heavy atom. The molecule has 1 aromatic rings. The summed E-state index contributed by atoms with van der Waals surface area (Å²) in [6.45, 7) is 10.9. The normalized spacial score (nSPS) is 12.4. The maximum atomic E-state index is 5.85. The molecular formula is C12H22ClN5. The largest absolute Gasteiger partial charge is 0.357 e. The van der Waals surface area contributed by atoms with Crippen molar-refractivity contribution >= 4 is 23.5 Å². The number of anilines is 2. The van der Waals surface area contributed by atoms with E-state index in [0.29, 0.717) is 11.9 Å². The van der Waals surface area contributed by atoms with E-state index < -0.39 is 0 Å². The SMILES string of the molecule is CNc1nc(Cl)nc(NC(C)(C)CC(C)(C)C)n1. The molecule has 0 spiro atoms. The molecule has 0 unspecified atom stereocenters. The van der Waals surface area contributed by atoms with Gasteiger partial charge < -0.3 is 10.6 Å². The summed E-state index contributed by atoms with van der Waals surface area (Å²) < 4.78 is 0. The minimum Gasteiger partial charge on any atom is -0.357 e. The number of halogens is 1. The lowest BCUT2D eigenvalue weighted by Crippen LogP contribution is -2.36. The number of nitrogens with zero attached hydrogens (tertiary/aromatic N) is 3. The summed E-state index contributed by atoms with van der Waals surface area (Å²) in [6, 6.07) is 0. The van der Waals surface area contributed by atoms with Crippen LogP contribution < -0.4 is 10.6 Å². The molecule has 2 N–H and O–H groups in total. The fourth-order valence-corrected chi connectivity index (χ4v) is 2.35. The zero-order valence-electron chi connectivity index (χ0n) is 11.9. The lowest BCUT2D eigenvalue weighted by Gasteiger charge is -2.33. The maximum absolute atomic E-state index is 5.85. The Kier molecular flexibility index (Phi) is 4.37. The number of rotatable bonds is 4. The molecule has 1 aromatic heterocycles. The first-order chi connectivity index (χ1) is 8.11. The second kappa shape index (κ2) is 5.26. The Hall–Kier alpha value is -1.10. The number of hydrogen-bond acceptors (Lipinski definition) is 5. The third-order valence-corrected chi connectivity index (χ3v) is 2.42. The highest BCUT2D eigenvalue weighted by molar-refractivity contribution is 6.28. The van der Waals surface area contributed by atoms with E-state index in [1.807, 2.05) is 0 Å². The topological polar surface area (TPSA) is 62.7 Å². The van der Waals surface area contributed by atoms with Crippen LogP contribution in [0.2, 0.25) is 5.28 Å². The van der Waals surface area contributed by atoms with E-state index in [0.717, 1.165) is 6.42 Å². The van der Waals surface area contributed by atoms with Gasteiger partial charge in [-0.1, -0.05) is 20.8 Å². The van der Waals surface area contributed by atoms with Gasteiger partial charge in [-0.2, -0.15) is 15.0 Å².